The van der Waals surface area contributed by atoms with Gasteiger partial charge < -0.3 is 0 Å². The van der Waals surface area contributed by atoms with Crippen molar-refractivity contribution in [3.8, 4) is 0 Å². The molecule has 0 fully saturated rings. The van der Waals surface area contributed by atoms with E-state index in [0.29, 0.717) is 0 Å². The van der Waals surface area contributed by atoms with Gasteiger partial charge in [-0.1, -0.05) is 118 Å². The van der Waals surface area contributed by atoms with E-state index in [9.17, 15) is 0 Å². The van der Waals surface area contributed by atoms with Crippen molar-refractivity contribution < 1.29 is 0 Å². The van der Waals surface area contributed by atoms with Crippen LogP contribution >= 0.6 is 0 Å². The van der Waals surface area contributed by atoms with Gasteiger partial charge in [-0.05, 0) is 35.3 Å². The molecule has 0 N–H and O–H groups in total. The summed E-state index contributed by atoms with van der Waals surface area (Å²) in [5.41, 5.74) is 6.24. The van der Waals surface area contributed by atoms with Gasteiger partial charge in [-0.3, -0.25) is 0 Å². The molecule has 0 aliphatic rings. The van der Waals surface area contributed by atoms with Crippen LogP contribution < -0.4 is 0 Å². The van der Waals surface area contributed by atoms with Gasteiger partial charge in [0, 0.05) is 0 Å². The summed E-state index contributed by atoms with van der Waals surface area (Å²) in [7, 11) is 0. The number of rotatable bonds is 3. The Morgan fingerprint density at radius 2 is 1.00 bits per heavy atom. The maximum absolute atomic E-state index is 2.25. The van der Waals surface area contributed by atoms with Crippen molar-refractivity contribution in [2.75, 3.05) is 0 Å². The molecule has 0 aromatic heterocycles. The molecule has 0 aliphatic carbocycles. The zero-order valence-electron chi connectivity index (χ0n) is 16.2. The number of benzene rings is 3. The van der Waals surface area contributed by atoms with Gasteiger partial charge in [-0.15, -0.1) is 0 Å². The van der Waals surface area contributed by atoms with Crippen LogP contribution in [0.25, 0.3) is 11.6 Å². The van der Waals surface area contributed by atoms with Crippen LogP contribution in [0.5, 0.6) is 0 Å². The summed E-state index contributed by atoms with van der Waals surface area (Å²) in [5, 5.41) is 0. The van der Waals surface area contributed by atoms with E-state index in [1.165, 1.54) is 27.8 Å². The normalized spacial score (nSPS) is 10.0. The van der Waals surface area contributed by atoms with Crippen molar-refractivity contribution in [3.63, 3.8) is 0 Å². The molecule has 0 bridgehead atoms. The van der Waals surface area contributed by atoms with Crippen LogP contribution in [0.1, 0.15) is 49.9 Å². The number of aryl methyl sites for hydroxylation is 1. The second-order valence-corrected chi connectivity index (χ2v) is 5.20. The van der Waals surface area contributed by atoms with Gasteiger partial charge in [0.1, 0.15) is 0 Å². The minimum atomic E-state index is 1.22. The summed E-state index contributed by atoms with van der Waals surface area (Å²) in [5.74, 6) is 0. The third-order valence-corrected chi connectivity index (χ3v) is 3.56. The fourth-order valence-corrected chi connectivity index (χ4v) is 2.40. The van der Waals surface area contributed by atoms with E-state index in [1.807, 2.05) is 33.8 Å². The lowest BCUT2D eigenvalue weighted by molar-refractivity contribution is 1.45. The molecule has 0 radical (unpaired) electrons. The summed E-state index contributed by atoms with van der Waals surface area (Å²) in [6, 6.07) is 29.7. The second kappa shape index (κ2) is 11.9. The van der Waals surface area contributed by atoms with Gasteiger partial charge in [-0.25, -0.2) is 0 Å². The summed E-state index contributed by atoms with van der Waals surface area (Å²) < 4.78 is 0. The third-order valence-electron chi connectivity index (χ3n) is 3.56. The van der Waals surface area contributed by atoms with Crippen LogP contribution in [0.15, 0.2) is 84.9 Å². The van der Waals surface area contributed by atoms with Crippen LogP contribution in [0.3, 0.4) is 0 Å². The zero-order chi connectivity index (χ0) is 18.5. The zero-order valence-corrected chi connectivity index (χ0v) is 16.2. The van der Waals surface area contributed by atoms with E-state index in [-0.39, 0.29) is 0 Å². The quantitative estimate of drug-likeness (QED) is 0.433. The first-order chi connectivity index (χ1) is 12.3. The van der Waals surface area contributed by atoms with Gasteiger partial charge in [0.2, 0.25) is 0 Å². The van der Waals surface area contributed by atoms with Crippen molar-refractivity contribution in [3.05, 3.63) is 107 Å². The Morgan fingerprint density at radius 3 is 1.52 bits per heavy atom. The Morgan fingerprint density at radius 1 is 0.560 bits per heavy atom. The van der Waals surface area contributed by atoms with E-state index >= 15 is 0 Å². The highest BCUT2D eigenvalue weighted by Crippen LogP contribution is 2.26. The first kappa shape index (κ1) is 20.4. The summed E-state index contributed by atoms with van der Waals surface area (Å²) in [6.07, 6.45) is 2.25. The van der Waals surface area contributed by atoms with Crippen molar-refractivity contribution in [1.29, 1.82) is 0 Å². The minimum absolute atomic E-state index is 1.22. The highest BCUT2D eigenvalue weighted by Gasteiger charge is 2.04. The lowest BCUT2D eigenvalue weighted by atomic mass is 9.95. The highest BCUT2D eigenvalue weighted by atomic mass is 14.1. The summed E-state index contributed by atoms with van der Waals surface area (Å²) >= 11 is 0. The Kier molecular flexibility index (Phi) is 9.70. The van der Waals surface area contributed by atoms with Gasteiger partial charge in [0.25, 0.3) is 0 Å². The fraction of sp³-hybridized carbons (Fsp3) is 0.200. The van der Waals surface area contributed by atoms with Crippen molar-refractivity contribution in [2.24, 2.45) is 0 Å². The summed E-state index contributed by atoms with van der Waals surface area (Å²) in [6.45, 7) is 10.1. The Bertz CT molecular complexity index is 720. The van der Waals surface area contributed by atoms with Crippen LogP contribution in [-0.2, 0) is 0 Å². The van der Waals surface area contributed by atoms with Crippen LogP contribution in [0.4, 0.5) is 0 Å². The van der Waals surface area contributed by atoms with Crippen LogP contribution in [0, 0.1) is 6.92 Å². The molecule has 0 aliphatic heterocycles. The molecule has 130 valence electrons. The smallest absolute Gasteiger partial charge is 0.0105 e. The molecule has 0 saturated heterocycles. The monoisotopic (exact) mass is 330 g/mol. The molecule has 3 rings (SSSR count). The largest absolute Gasteiger partial charge is 0.0683 e. The second-order valence-electron chi connectivity index (χ2n) is 5.20. The molecule has 3 aromatic carbocycles. The fourth-order valence-electron chi connectivity index (χ4n) is 2.40. The summed E-state index contributed by atoms with van der Waals surface area (Å²) in [4.78, 5) is 0. The molecular weight excluding hydrogens is 300 g/mol. The Labute approximate surface area is 153 Å². The molecule has 3 aromatic rings. The molecule has 25 heavy (non-hydrogen) atoms. The number of hydrogen-bond donors (Lipinski definition) is 0. The molecular formula is C25H30. The molecule has 0 unspecified atom stereocenters. The predicted octanol–water partition coefficient (Wildman–Crippen LogP) is 7.64. The van der Waals surface area contributed by atoms with Crippen molar-refractivity contribution >= 4 is 11.6 Å². The van der Waals surface area contributed by atoms with Crippen molar-refractivity contribution in [1.82, 2.24) is 0 Å². The minimum Gasteiger partial charge on any atom is -0.0683 e. The molecule has 0 spiro atoms. The highest BCUT2D eigenvalue weighted by molar-refractivity contribution is 5.91. The van der Waals surface area contributed by atoms with Crippen molar-refractivity contribution in [2.45, 2.75) is 34.6 Å². The van der Waals surface area contributed by atoms with E-state index < -0.39 is 0 Å². The average Bonchev–Trinajstić information content (AvgIpc) is 2.71. The number of hydrogen-bond acceptors (Lipinski definition) is 0. The average molecular weight is 331 g/mol. The van der Waals surface area contributed by atoms with Crippen LogP contribution in [0.2, 0.25) is 0 Å². The maximum atomic E-state index is 2.25. The first-order valence-corrected chi connectivity index (χ1v) is 9.22. The third kappa shape index (κ3) is 6.43. The SMILES string of the molecule is CC.CC.Cc1ccc(/C(=C\c2ccccc2)c2ccccc2)cc1. The van der Waals surface area contributed by atoms with Gasteiger partial charge in [0.05, 0.1) is 0 Å². The molecule has 0 heterocycles. The maximum Gasteiger partial charge on any atom is -0.0105 e. The van der Waals surface area contributed by atoms with E-state index in [2.05, 4.69) is 91.9 Å². The van der Waals surface area contributed by atoms with Gasteiger partial charge >= 0.3 is 0 Å². The predicted molar refractivity (Wildman–Crippen MR) is 114 cm³/mol. The Hall–Kier alpha value is -2.60. The standard InChI is InChI=1S/C21H18.2C2H6/c1-17-12-14-20(15-13-17)21(19-10-6-3-7-11-19)16-18-8-4-2-5-9-18;2*1-2/h2-16H,1H3;2*1-2H3/b21-16-;;. The topological polar surface area (TPSA) is 0 Å². The molecule has 0 atom stereocenters. The first-order valence-electron chi connectivity index (χ1n) is 9.22. The van der Waals surface area contributed by atoms with Crippen LogP contribution in [-0.4, -0.2) is 0 Å². The lowest BCUT2D eigenvalue weighted by Gasteiger charge is -2.09. The van der Waals surface area contributed by atoms with E-state index in [4.69, 9.17) is 0 Å². The molecule has 0 saturated carbocycles. The van der Waals surface area contributed by atoms with E-state index in [0.717, 1.165) is 0 Å². The van der Waals surface area contributed by atoms with Gasteiger partial charge in [0.15, 0.2) is 0 Å². The lowest BCUT2D eigenvalue weighted by Crippen LogP contribution is -1.88. The molecule has 0 nitrogen and oxygen atoms in total. The Balaban J connectivity index is 0.000000730. The molecule has 0 heteroatoms. The molecule has 0 amide bonds. The van der Waals surface area contributed by atoms with Gasteiger partial charge in [-0.2, -0.15) is 0 Å². The van der Waals surface area contributed by atoms with E-state index in [1.54, 1.807) is 0 Å².